The number of hydrogen-bond donors (Lipinski definition) is 0. The maximum absolute atomic E-state index is 14.5. The second-order valence-electron chi connectivity index (χ2n) is 6.33. The number of carbonyl (C=O) groups excluding carboxylic acids is 1. The van der Waals surface area contributed by atoms with Gasteiger partial charge in [0, 0.05) is 0 Å². The zero-order valence-corrected chi connectivity index (χ0v) is 13.7. The first-order chi connectivity index (χ1) is 12.2. The number of benzene rings is 3. The number of amides is 1. The van der Waals surface area contributed by atoms with Crippen molar-refractivity contribution in [3.05, 3.63) is 101 Å². The van der Waals surface area contributed by atoms with Crippen molar-refractivity contribution in [1.82, 2.24) is 0 Å². The molecule has 0 aromatic heterocycles. The highest BCUT2D eigenvalue weighted by atomic mass is 19.1. The molecule has 0 aliphatic carbocycles. The Balaban J connectivity index is 1.71. The fourth-order valence-corrected chi connectivity index (χ4v) is 3.50. The molecule has 0 N–H and O–H groups in total. The third kappa shape index (κ3) is 2.93. The minimum absolute atomic E-state index is 0.0344. The van der Waals surface area contributed by atoms with Gasteiger partial charge in [-0.25, -0.2) is 4.39 Å². The van der Waals surface area contributed by atoms with Gasteiger partial charge in [-0.05, 0) is 29.2 Å². The standard InChI is InChI=1S/C22H18FNO/c23-20-13-7-12-18-19(14-16-8-3-1-4-9-16)22(25)24(21(18)20)15-17-10-5-2-6-11-17/h1-13,19H,14-15H2. The minimum atomic E-state index is -0.336. The predicted octanol–water partition coefficient (Wildman–Crippen LogP) is 4.70. The summed E-state index contributed by atoms with van der Waals surface area (Å²) in [7, 11) is 0. The van der Waals surface area contributed by atoms with E-state index in [1.807, 2.05) is 66.7 Å². The van der Waals surface area contributed by atoms with Crippen molar-refractivity contribution in [2.75, 3.05) is 4.90 Å². The van der Waals surface area contributed by atoms with Gasteiger partial charge in [0.05, 0.1) is 18.2 Å². The Morgan fingerprint density at radius 1 is 0.800 bits per heavy atom. The molecule has 1 amide bonds. The Morgan fingerprint density at radius 3 is 2.12 bits per heavy atom. The van der Waals surface area contributed by atoms with Gasteiger partial charge in [0.25, 0.3) is 0 Å². The van der Waals surface area contributed by atoms with Gasteiger partial charge in [0.15, 0.2) is 0 Å². The van der Waals surface area contributed by atoms with Crippen molar-refractivity contribution in [3.8, 4) is 0 Å². The van der Waals surface area contributed by atoms with Crippen LogP contribution in [0.3, 0.4) is 0 Å². The lowest BCUT2D eigenvalue weighted by atomic mass is 9.93. The highest BCUT2D eigenvalue weighted by Crippen LogP contribution is 2.41. The van der Waals surface area contributed by atoms with Gasteiger partial charge in [-0.2, -0.15) is 0 Å². The zero-order valence-electron chi connectivity index (χ0n) is 13.7. The molecule has 3 heteroatoms. The van der Waals surface area contributed by atoms with Crippen molar-refractivity contribution in [2.45, 2.75) is 18.9 Å². The second-order valence-corrected chi connectivity index (χ2v) is 6.33. The topological polar surface area (TPSA) is 20.3 Å². The van der Waals surface area contributed by atoms with Gasteiger partial charge in [0.2, 0.25) is 5.91 Å². The summed E-state index contributed by atoms with van der Waals surface area (Å²) >= 11 is 0. The van der Waals surface area contributed by atoms with E-state index in [1.165, 1.54) is 6.07 Å². The van der Waals surface area contributed by atoms with Gasteiger partial charge < -0.3 is 4.90 Å². The van der Waals surface area contributed by atoms with E-state index in [0.29, 0.717) is 18.7 Å². The SMILES string of the molecule is O=C1C(Cc2ccccc2)c2cccc(F)c2N1Cc1ccccc1. The first-order valence-electron chi connectivity index (χ1n) is 8.41. The van der Waals surface area contributed by atoms with Crippen molar-refractivity contribution >= 4 is 11.6 Å². The van der Waals surface area contributed by atoms with Gasteiger partial charge in [0.1, 0.15) is 5.82 Å². The lowest BCUT2D eigenvalue weighted by Gasteiger charge is -2.18. The molecule has 0 spiro atoms. The van der Waals surface area contributed by atoms with E-state index in [0.717, 1.165) is 16.7 Å². The van der Waals surface area contributed by atoms with E-state index >= 15 is 0 Å². The molecule has 1 aliphatic rings. The fraction of sp³-hybridized carbons (Fsp3) is 0.136. The molecule has 0 fully saturated rings. The lowest BCUT2D eigenvalue weighted by molar-refractivity contribution is -0.119. The van der Waals surface area contributed by atoms with Crippen molar-refractivity contribution < 1.29 is 9.18 Å². The van der Waals surface area contributed by atoms with Crippen molar-refractivity contribution in [1.29, 1.82) is 0 Å². The molecule has 0 saturated heterocycles. The van der Waals surface area contributed by atoms with Crippen LogP contribution in [0, 0.1) is 5.82 Å². The Labute approximate surface area is 146 Å². The fourth-order valence-electron chi connectivity index (χ4n) is 3.50. The Kier molecular flexibility index (Phi) is 4.06. The first kappa shape index (κ1) is 15.6. The summed E-state index contributed by atoms with van der Waals surface area (Å²) in [6, 6.07) is 24.6. The molecule has 3 aromatic carbocycles. The number of nitrogens with zero attached hydrogens (tertiary/aromatic N) is 1. The van der Waals surface area contributed by atoms with Crippen molar-refractivity contribution in [3.63, 3.8) is 0 Å². The summed E-state index contributed by atoms with van der Waals surface area (Å²) in [6.45, 7) is 0.388. The molecule has 124 valence electrons. The Hall–Kier alpha value is -2.94. The van der Waals surface area contributed by atoms with Crippen LogP contribution < -0.4 is 4.90 Å². The van der Waals surface area contributed by atoms with Crippen LogP contribution >= 0.6 is 0 Å². The number of carbonyl (C=O) groups is 1. The van der Waals surface area contributed by atoms with Crippen LogP contribution in [-0.4, -0.2) is 5.91 Å². The molecule has 1 heterocycles. The van der Waals surface area contributed by atoms with Crippen LogP contribution in [0.1, 0.15) is 22.6 Å². The van der Waals surface area contributed by atoms with E-state index in [4.69, 9.17) is 0 Å². The molecule has 25 heavy (non-hydrogen) atoms. The third-order valence-corrected chi connectivity index (χ3v) is 4.69. The van der Waals surface area contributed by atoms with Gasteiger partial charge in [-0.3, -0.25) is 4.79 Å². The molecule has 2 nitrogen and oxygen atoms in total. The van der Waals surface area contributed by atoms with Crippen LogP contribution in [0.15, 0.2) is 78.9 Å². The van der Waals surface area contributed by atoms with Crippen LogP contribution in [0.4, 0.5) is 10.1 Å². The molecule has 0 bridgehead atoms. The number of hydrogen-bond acceptors (Lipinski definition) is 1. The van der Waals surface area contributed by atoms with E-state index in [2.05, 4.69) is 0 Å². The first-order valence-corrected chi connectivity index (χ1v) is 8.41. The zero-order chi connectivity index (χ0) is 17.2. The van der Waals surface area contributed by atoms with Gasteiger partial charge in [-0.1, -0.05) is 72.8 Å². The van der Waals surface area contributed by atoms with Crippen LogP contribution in [0.2, 0.25) is 0 Å². The maximum atomic E-state index is 14.5. The maximum Gasteiger partial charge on any atom is 0.235 e. The predicted molar refractivity (Wildman–Crippen MR) is 96.9 cm³/mol. The molecular weight excluding hydrogens is 313 g/mol. The monoisotopic (exact) mass is 331 g/mol. The minimum Gasteiger partial charge on any atom is -0.304 e. The third-order valence-electron chi connectivity index (χ3n) is 4.69. The molecule has 1 unspecified atom stereocenters. The van der Waals surface area contributed by atoms with E-state index in [1.54, 1.807) is 11.0 Å². The van der Waals surface area contributed by atoms with Crippen LogP contribution in [0.5, 0.6) is 0 Å². The highest BCUT2D eigenvalue weighted by molar-refractivity contribution is 6.05. The summed E-state index contributed by atoms with van der Waals surface area (Å²) in [5.41, 5.74) is 3.28. The molecule has 1 aliphatic heterocycles. The number of fused-ring (bicyclic) bond motifs is 1. The normalized spacial score (nSPS) is 16.1. The summed E-state index contributed by atoms with van der Waals surface area (Å²) in [6.07, 6.45) is 0.585. The summed E-state index contributed by atoms with van der Waals surface area (Å²) in [5, 5.41) is 0. The quantitative estimate of drug-likeness (QED) is 0.679. The van der Waals surface area contributed by atoms with E-state index in [-0.39, 0.29) is 17.6 Å². The molecule has 1 atom stereocenters. The average molecular weight is 331 g/mol. The van der Waals surface area contributed by atoms with Gasteiger partial charge >= 0.3 is 0 Å². The summed E-state index contributed by atoms with van der Waals surface area (Å²) in [5.74, 6) is -0.707. The van der Waals surface area contributed by atoms with Crippen molar-refractivity contribution in [2.24, 2.45) is 0 Å². The van der Waals surface area contributed by atoms with E-state index in [9.17, 15) is 9.18 Å². The van der Waals surface area contributed by atoms with Gasteiger partial charge in [-0.15, -0.1) is 0 Å². The molecular formula is C22H18FNO. The molecule has 3 aromatic rings. The largest absolute Gasteiger partial charge is 0.304 e. The Bertz CT molecular complexity index is 892. The molecule has 0 saturated carbocycles. The molecule has 0 radical (unpaired) electrons. The highest BCUT2D eigenvalue weighted by Gasteiger charge is 2.38. The van der Waals surface area contributed by atoms with Crippen LogP contribution in [0.25, 0.3) is 0 Å². The van der Waals surface area contributed by atoms with Crippen LogP contribution in [-0.2, 0) is 17.8 Å². The van der Waals surface area contributed by atoms with E-state index < -0.39 is 0 Å². The number of para-hydroxylation sites is 1. The summed E-state index contributed by atoms with van der Waals surface area (Å²) < 4.78 is 14.5. The summed E-state index contributed by atoms with van der Waals surface area (Å²) in [4.78, 5) is 14.7. The second kappa shape index (κ2) is 6.52. The number of halogens is 1. The smallest absolute Gasteiger partial charge is 0.235 e. The number of anilines is 1. The molecule has 4 rings (SSSR count). The number of rotatable bonds is 4. The Morgan fingerprint density at radius 2 is 1.44 bits per heavy atom. The average Bonchev–Trinajstić information content (AvgIpc) is 2.90. The lowest BCUT2D eigenvalue weighted by Crippen LogP contribution is -2.29.